The average molecular weight is 297 g/mol. The molecule has 3 nitrogen and oxygen atoms in total. The number of aliphatic imine (C=N–C) groups is 1. The smallest absolute Gasteiger partial charge is 0.207 e. The number of amides is 1. The first-order valence-electron chi connectivity index (χ1n) is 6.88. The maximum absolute atomic E-state index is 10.5. The van der Waals surface area contributed by atoms with E-state index in [0.717, 1.165) is 23.3 Å². The average Bonchev–Trinajstić information content (AvgIpc) is 2.45. The quantitative estimate of drug-likeness (QED) is 0.407. The first-order chi connectivity index (χ1) is 9.47. The van der Waals surface area contributed by atoms with E-state index < -0.39 is 0 Å². The van der Waals surface area contributed by atoms with E-state index in [-0.39, 0.29) is 0 Å². The fourth-order valence-corrected chi connectivity index (χ4v) is 1.67. The molecule has 112 valence electrons. The monoisotopic (exact) mass is 296 g/mol. The number of carbonyl (C=O) groups excluding carboxylic acids is 1. The lowest BCUT2D eigenvalue weighted by Gasteiger charge is -2.10. The summed E-state index contributed by atoms with van der Waals surface area (Å²) >= 11 is 6.21. The van der Waals surface area contributed by atoms with Crippen LogP contribution in [0.2, 0.25) is 0 Å². The fraction of sp³-hybridized carbons (Fsp3) is 0.500. The number of nitrogens with one attached hydrogen (secondary N) is 1. The Labute approximate surface area is 127 Å². The molecule has 1 atom stereocenters. The highest BCUT2D eigenvalue weighted by atomic mass is 35.5. The zero-order valence-electron chi connectivity index (χ0n) is 13.0. The van der Waals surface area contributed by atoms with Crippen LogP contribution in [0.4, 0.5) is 0 Å². The van der Waals surface area contributed by atoms with Crippen LogP contribution in [0.25, 0.3) is 0 Å². The first kappa shape index (κ1) is 18.7. The van der Waals surface area contributed by atoms with Gasteiger partial charge in [-0.3, -0.25) is 9.79 Å². The molecular formula is C16H25ClN2O. The number of nitrogens with zero attached hydrogens (tertiary/aromatic N) is 1. The molecule has 0 spiro atoms. The zero-order valence-corrected chi connectivity index (χ0v) is 13.8. The molecule has 0 bridgehead atoms. The number of allylic oxidation sites excluding steroid dienone is 5. The van der Waals surface area contributed by atoms with Gasteiger partial charge in [0.2, 0.25) is 6.41 Å². The number of rotatable bonds is 8. The van der Waals surface area contributed by atoms with Gasteiger partial charge in [0.1, 0.15) is 0 Å². The van der Waals surface area contributed by atoms with E-state index in [1.54, 1.807) is 0 Å². The molecule has 0 aliphatic carbocycles. The molecule has 1 N–H and O–H groups in total. The maximum atomic E-state index is 10.5. The van der Waals surface area contributed by atoms with Crippen LogP contribution in [0.15, 0.2) is 39.0 Å². The molecule has 0 aromatic rings. The van der Waals surface area contributed by atoms with Gasteiger partial charge in [-0.15, -0.1) is 0 Å². The summed E-state index contributed by atoms with van der Waals surface area (Å²) < 4.78 is 0. The Morgan fingerprint density at radius 2 is 2.00 bits per heavy atom. The van der Waals surface area contributed by atoms with Crippen molar-refractivity contribution < 1.29 is 4.79 Å². The molecule has 0 saturated heterocycles. The summed E-state index contributed by atoms with van der Waals surface area (Å²) in [7, 11) is 0. The molecular weight excluding hydrogens is 272 g/mol. The van der Waals surface area contributed by atoms with Crippen molar-refractivity contribution in [2.75, 3.05) is 6.54 Å². The summed E-state index contributed by atoms with van der Waals surface area (Å²) in [5.74, 6) is 0.407. The van der Waals surface area contributed by atoms with Crippen LogP contribution in [-0.4, -0.2) is 19.2 Å². The van der Waals surface area contributed by atoms with Gasteiger partial charge in [0.25, 0.3) is 0 Å². The largest absolute Gasteiger partial charge is 0.353 e. The van der Waals surface area contributed by atoms with Crippen molar-refractivity contribution in [1.29, 1.82) is 0 Å². The third kappa shape index (κ3) is 6.71. The molecule has 0 saturated carbocycles. The first-order valence-corrected chi connectivity index (χ1v) is 7.26. The van der Waals surface area contributed by atoms with Crippen molar-refractivity contribution in [3.8, 4) is 0 Å². The highest BCUT2D eigenvalue weighted by molar-refractivity contribution is 6.31. The van der Waals surface area contributed by atoms with Crippen LogP contribution >= 0.6 is 11.6 Å². The summed E-state index contributed by atoms with van der Waals surface area (Å²) in [4.78, 5) is 15.0. The molecule has 4 heteroatoms. The van der Waals surface area contributed by atoms with Crippen molar-refractivity contribution in [2.24, 2.45) is 10.9 Å². The molecule has 0 aliphatic rings. The van der Waals surface area contributed by atoms with Crippen LogP contribution in [-0.2, 0) is 4.79 Å². The minimum atomic E-state index is 0.402. The Kier molecular flexibility index (Phi) is 9.73. The van der Waals surface area contributed by atoms with Gasteiger partial charge in [0.15, 0.2) is 0 Å². The van der Waals surface area contributed by atoms with Crippen LogP contribution in [0.1, 0.15) is 41.0 Å². The van der Waals surface area contributed by atoms with Crippen LogP contribution in [0, 0.1) is 5.92 Å². The molecule has 0 heterocycles. The third-order valence-electron chi connectivity index (χ3n) is 3.15. The van der Waals surface area contributed by atoms with Crippen LogP contribution in [0.5, 0.6) is 0 Å². The van der Waals surface area contributed by atoms with Gasteiger partial charge < -0.3 is 5.32 Å². The second kappa shape index (κ2) is 10.4. The molecule has 0 aromatic heterocycles. The minimum absolute atomic E-state index is 0.402. The Morgan fingerprint density at radius 1 is 1.35 bits per heavy atom. The second-order valence-corrected chi connectivity index (χ2v) is 5.11. The summed E-state index contributed by atoms with van der Waals surface area (Å²) in [6.07, 6.45) is 7.38. The molecule has 0 fully saturated rings. The van der Waals surface area contributed by atoms with Gasteiger partial charge in [-0.2, -0.15) is 0 Å². The van der Waals surface area contributed by atoms with Crippen LogP contribution in [0.3, 0.4) is 0 Å². The summed E-state index contributed by atoms with van der Waals surface area (Å²) in [6.45, 7) is 10.5. The van der Waals surface area contributed by atoms with E-state index in [2.05, 4.69) is 24.2 Å². The molecule has 20 heavy (non-hydrogen) atoms. The van der Waals surface area contributed by atoms with E-state index in [4.69, 9.17) is 11.6 Å². The highest BCUT2D eigenvalue weighted by Gasteiger charge is 2.06. The number of carbonyl (C=O) groups is 1. The Bertz CT molecular complexity index is 434. The standard InChI is InChI=1S/C16H25ClN2O/c1-6-8-15(17)13(4)14(5)16(10-18-11-20)19-9-12(3)7-2/h6,8-9,11-12H,7,10H2,1-5H3,(H,18,20)/b8-6-,15-13+,16-14+,19-9?. The Morgan fingerprint density at radius 3 is 2.50 bits per heavy atom. The minimum Gasteiger partial charge on any atom is -0.353 e. The SMILES string of the molecule is C\C=C/C(Cl)=C(C)\C(C)=C(/CNC=O)N=CC(C)CC. The highest BCUT2D eigenvalue weighted by Crippen LogP contribution is 2.22. The van der Waals surface area contributed by atoms with E-state index in [1.165, 1.54) is 0 Å². The number of hydrogen-bond donors (Lipinski definition) is 1. The maximum Gasteiger partial charge on any atom is 0.207 e. The lowest BCUT2D eigenvalue weighted by Crippen LogP contribution is -2.15. The van der Waals surface area contributed by atoms with Gasteiger partial charge >= 0.3 is 0 Å². The third-order valence-corrected chi connectivity index (χ3v) is 3.56. The van der Waals surface area contributed by atoms with Gasteiger partial charge in [-0.25, -0.2) is 0 Å². The predicted molar refractivity (Wildman–Crippen MR) is 88.1 cm³/mol. The van der Waals surface area contributed by atoms with Crippen LogP contribution < -0.4 is 5.32 Å². The molecule has 1 amide bonds. The Hall–Kier alpha value is -1.35. The fourth-order valence-electron chi connectivity index (χ4n) is 1.40. The predicted octanol–water partition coefficient (Wildman–Crippen LogP) is 4.21. The van der Waals surface area contributed by atoms with Crippen molar-refractivity contribution in [3.05, 3.63) is 34.0 Å². The number of hydrogen-bond acceptors (Lipinski definition) is 2. The van der Waals surface area contributed by atoms with E-state index in [1.807, 2.05) is 39.1 Å². The summed E-state index contributed by atoms with van der Waals surface area (Å²) in [6, 6.07) is 0. The van der Waals surface area contributed by atoms with Gasteiger partial charge in [-0.1, -0.05) is 31.5 Å². The molecule has 0 radical (unpaired) electrons. The van der Waals surface area contributed by atoms with Crippen molar-refractivity contribution in [1.82, 2.24) is 5.32 Å². The molecule has 0 aromatic carbocycles. The topological polar surface area (TPSA) is 41.5 Å². The normalized spacial score (nSPS) is 16.1. The Balaban J connectivity index is 5.45. The lowest BCUT2D eigenvalue weighted by atomic mass is 10.1. The number of halogens is 1. The van der Waals surface area contributed by atoms with Crippen molar-refractivity contribution in [3.63, 3.8) is 0 Å². The zero-order chi connectivity index (χ0) is 15.5. The summed E-state index contributed by atoms with van der Waals surface area (Å²) in [5.41, 5.74) is 2.79. The van der Waals surface area contributed by atoms with Gasteiger partial charge in [-0.05, 0) is 50.3 Å². The van der Waals surface area contributed by atoms with Crippen molar-refractivity contribution >= 4 is 24.2 Å². The molecule has 0 rings (SSSR count). The van der Waals surface area contributed by atoms with Gasteiger partial charge in [0, 0.05) is 11.2 Å². The molecule has 1 unspecified atom stereocenters. The van der Waals surface area contributed by atoms with E-state index in [0.29, 0.717) is 23.9 Å². The molecule has 0 aliphatic heterocycles. The van der Waals surface area contributed by atoms with E-state index >= 15 is 0 Å². The lowest BCUT2D eigenvalue weighted by molar-refractivity contribution is -0.109. The van der Waals surface area contributed by atoms with Gasteiger partial charge in [0.05, 0.1) is 12.2 Å². The summed E-state index contributed by atoms with van der Waals surface area (Å²) in [5, 5.41) is 3.35. The van der Waals surface area contributed by atoms with Crippen molar-refractivity contribution in [2.45, 2.75) is 41.0 Å². The second-order valence-electron chi connectivity index (χ2n) is 4.71. The van der Waals surface area contributed by atoms with E-state index in [9.17, 15) is 4.79 Å².